The molecule has 0 fully saturated rings. The van der Waals surface area contributed by atoms with Crippen LogP contribution in [-0.2, 0) is 0 Å². The maximum Gasteiger partial charge on any atom is 0.272 e. The number of carbonyl (C=O) groups is 1. The normalized spacial score (nSPS) is 10.8. The highest BCUT2D eigenvalue weighted by atomic mass is 79.9. The van der Waals surface area contributed by atoms with Crippen LogP contribution in [0.15, 0.2) is 46.9 Å². The number of rotatable bonds is 2. The molecular formula is C16H12BrFN2O. The van der Waals surface area contributed by atoms with Crippen molar-refractivity contribution in [3.63, 3.8) is 0 Å². The number of benzene rings is 2. The maximum absolute atomic E-state index is 13.6. The number of nitrogens with one attached hydrogen (secondary N) is 2. The van der Waals surface area contributed by atoms with Gasteiger partial charge in [0.05, 0.1) is 4.47 Å². The molecule has 0 aliphatic carbocycles. The van der Waals surface area contributed by atoms with Crippen molar-refractivity contribution in [1.29, 1.82) is 0 Å². The molecule has 1 amide bonds. The first-order valence-corrected chi connectivity index (χ1v) is 7.18. The van der Waals surface area contributed by atoms with Crippen LogP contribution in [0.25, 0.3) is 10.9 Å². The first-order valence-electron chi connectivity index (χ1n) is 6.39. The van der Waals surface area contributed by atoms with E-state index in [0.717, 1.165) is 16.5 Å². The average Bonchev–Trinajstić information content (AvgIpc) is 2.88. The zero-order valence-electron chi connectivity index (χ0n) is 11.2. The van der Waals surface area contributed by atoms with E-state index in [1.54, 1.807) is 12.1 Å². The molecule has 0 spiro atoms. The lowest BCUT2D eigenvalue weighted by molar-refractivity contribution is 0.102. The summed E-state index contributed by atoms with van der Waals surface area (Å²) < 4.78 is 14.0. The molecule has 0 saturated carbocycles. The summed E-state index contributed by atoms with van der Waals surface area (Å²) in [4.78, 5) is 15.3. The summed E-state index contributed by atoms with van der Waals surface area (Å²) in [6, 6.07) is 12.3. The molecule has 3 aromatic rings. The van der Waals surface area contributed by atoms with Crippen LogP contribution in [-0.4, -0.2) is 10.9 Å². The highest BCUT2D eigenvalue weighted by Crippen LogP contribution is 2.24. The minimum Gasteiger partial charge on any atom is -0.351 e. The molecule has 0 bridgehead atoms. The Balaban J connectivity index is 1.91. The van der Waals surface area contributed by atoms with E-state index in [1.165, 1.54) is 6.07 Å². The summed E-state index contributed by atoms with van der Waals surface area (Å²) in [6.45, 7) is 1.81. The summed E-state index contributed by atoms with van der Waals surface area (Å²) in [5, 5.41) is 3.68. The van der Waals surface area contributed by atoms with Gasteiger partial charge in [-0.1, -0.05) is 18.2 Å². The second kappa shape index (κ2) is 5.33. The maximum atomic E-state index is 13.6. The van der Waals surface area contributed by atoms with Crippen LogP contribution < -0.4 is 5.32 Å². The topological polar surface area (TPSA) is 44.9 Å². The monoisotopic (exact) mass is 346 g/mol. The molecule has 0 aliphatic rings. The van der Waals surface area contributed by atoms with E-state index in [9.17, 15) is 9.18 Å². The summed E-state index contributed by atoms with van der Waals surface area (Å²) in [7, 11) is 0. The number of hydrogen-bond acceptors (Lipinski definition) is 1. The molecule has 2 aromatic carbocycles. The number of halogens is 2. The van der Waals surface area contributed by atoms with Crippen molar-refractivity contribution in [2.24, 2.45) is 0 Å². The van der Waals surface area contributed by atoms with Gasteiger partial charge >= 0.3 is 0 Å². The smallest absolute Gasteiger partial charge is 0.272 e. The van der Waals surface area contributed by atoms with E-state index in [4.69, 9.17) is 0 Å². The van der Waals surface area contributed by atoms with Crippen LogP contribution in [0, 0.1) is 12.7 Å². The minimum absolute atomic E-state index is 0.295. The molecular weight excluding hydrogens is 335 g/mol. The second-order valence-corrected chi connectivity index (χ2v) is 5.66. The number of H-pyrrole nitrogens is 1. The largest absolute Gasteiger partial charge is 0.351 e. The van der Waals surface area contributed by atoms with E-state index in [-0.39, 0.29) is 5.91 Å². The third kappa shape index (κ3) is 2.69. The number of para-hydroxylation sites is 1. The number of fused-ring (bicyclic) bond motifs is 1. The Morgan fingerprint density at radius 3 is 2.76 bits per heavy atom. The first kappa shape index (κ1) is 13.8. The standard InChI is InChI=1S/C16H12BrFN2O/c1-9-6-11(17)12(18)8-14(9)20-16(21)15-7-10-4-2-3-5-13(10)19-15/h2-8,19H,1H3,(H,20,21). The lowest BCUT2D eigenvalue weighted by atomic mass is 10.2. The van der Waals surface area contributed by atoms with Gasteiger partial charge < -0.3 is 10.3 Å². The molecule has 0 atom stereocenters. The Labute approximate surface area is 129 Å². The van der Waals surface area contributed by atoms with Gasteiger partial charge in [-0.25, -0.2) is 4.39 Å². The highest BCUT2D eigenvalue weighted by Gasteiger charge is 2.12. The number of anilines is 1. The van der Waals surface area contributed by atoms with Crippen molar-refractivity contribution >= 4 is 38.4 Å². The Bertz CT molecular complexity index is 808. The van der Waals surface area contributed by atoms with E-state index in [0.29, 0.717) is 15.9 Å². The number of aromatic amines is 1. The van der Waals surface area contributed by atoms with Gasteiger partial charge in [-0.15, -0.1) is 0 Å². The number of aromatic nitrogens is 1. The first-order chi connectivity index (χ1) is 10.0. The van der Waals surface area contributed by atoms with Crippen LogP contribution >= 0.6 is 15.9 Å². The fourth-order valence-corrected chi connectivity index (χ4v) is 2.62. The van der Waals surface area contributed by atoms with Gasteiger partial charge in [0.1, 0.15) is 11.5 Å². The molecule has 0 radical (unpaired) electrons. The molecule has 3 nitrogen and oxygen atoms in total. The molecule has 106 valence electrons. The van der Waals surface area contributed by atoms with Crippen LogP contribution in [0.5, 0.6) is 0 Å². The van der Waals surface area contributed by atoms with Crippen molar-refractivity contribution in [3.05, 3.63) is 64.0 Å². The van der Waals surface area contributed by atoms with Crippen molar-refractivity contribution in [3.8, 4) is 0 Å². The number of hydrogen-bond donors (Lipinski definition) is 2. The van der Waals surface area contributed by atoms with Crippen molar-refractivity contribution in [2.45, 2.75) is 6.92 Å². The van der Waals surface area contributed by atoms with Gasteiger partial charge in [-0.05, 0) is 52.7 Å². The van der Waals surface area contributed by atoms with Crippen LogP contribution in [0.2, 0.25) is 0 Å². The zero-order valence-corrected chi connectivity index (χ0v) is 12.8. The lowest BCUT2D eigenvalue weighted by Crippen LogP contribution is -2.13. The molecule has 21 heavy (non-hydrogen) atoms. The highest BCUT2D eigenvalue weighted by molar-refractivity contribution is 9.10. The Morgan fingerprint density at radius 2 is 2.00 bits per heavy atom. The Hall–Kier alpha value is -2.14. The zero-order chi connectivity index (χ0) is 15.0. The number of aryl methyl sites for hydroxylation is 1. The summed E-state index contributed by atoms with van der Waals surface area (Å²) >= 11 is 3.12. The molecule has 2 N–H and O–H groups in total. The van der Waals surface area contributed by atoms with Crippen LogP contribution in [0.4, 0.5) is 10.1 Å². The van der Waals surface area contributed by atoms with E-state index < -0.39 is 5.82 Å². The molecule has 1 heterocycles. The molecule has 0 aliphatic heterocycles. The SMILES string of the molecule is Cc1cc(Br)c(F)cc1NC(=O)c1cc2ccccc2[nH]1. The van der Waals surface area contributed by atoms with E-state index in [2.05, 4.69) is 26.2 Å². The number of amides is 1. The molecule has 3 rings (SSSR count). The summed E-state index contributed by atoms with van der Waals surface area (Å²) in [5.74, 6) is -0.705. The van der Waals surface area contributed by atoms with E-state index >= 15 is 0 Å². The van der Waals surface area contributed by atoms with Crippen LogP contribution in [0.1, 0.15) is 16.1 Å². The summed E-state index contributed by atoms with van der Waals surface area (Å²) in [5.41, 5.74) is 2.58. The van der Waals surface area contributed by atoms with Crippen molar-refractivity contribution < 1.29 is 9.18 Å². The summed E-state index contributed by atoms with van der Waals surface area (Å²) in [6.07, 6.45) is 0. The van der Waals surface area contributed by atoms with Gasteiger partial charge in [0.2, 0.25) is 0 Å². The second-order valence-electron chi connectivity index (χ2n) is 4.81. The minimum atomic E-state index is -0.410. The van der Waals surface area contributed by atoms with Gasteiger partial charge in [0.15, 0.2) is 0 Å². The Kier molecular flexibility index (Phi) is 3.51. The fraction of sp³-hybridized carbons (Fsp3) is 0.0625. The predicted molar refractivity (Wildman–Crippen MR) is 85.1 cm³/mol. The van der Waals surface area contributed by atoms with Gasteiger partial charge in [0, 0.05) is 16.6 Å². The van der Waals surface area contributed by atoms with Crippen molar-refractivity contribution in [1.82, 2.24) is 4.98 Å². The molecule has 0 saturated heterocycles. The van der Waals surface area contributed by atoms with Crippen LogP contribution in [0.3, 0.4) is 0 Å². The average molecular weight is 347 g/mol. The van der Waals surface area contributed by atoms with Gasteiger partial charge in [-0.2, -0.15) is 0 Å². The quantitative estimate of drug-likeness (QED) is 0.698. The van der Waals surface area contributed by atoms with Gasteiger partial charge in [-0.3, -0.25) is 4.79 Å². The van der Waals surface area contributed by atoms with Gasteiger partial charge in [0.25, 0.3) is 5.91 Å². The fourth-order valence-electron chi connectivity index (χ4n) is 2.17. The number of carbonyl (C=O) groups excluding carboxylic acids is 1. The predicted octanol–water partition coefficient (Wildman–Crippen LogP) is 4.63. The molecule has 1 aromatic heterocycles. The third-order valence-corrected chi connectivity index (χ3v) is 3.90. The lowest BCUT2D eigenvalue weighted by Gasteiger charge is -2.08. The molecule has 5 heteroatoms. The Morgan fingerprint density at radius 1 is 1.24 bits per heavy atom. The molecule has 0 unspecified atom stereocenters. The van der Waals surface area contributed by atoms with E-state index in [1.807, 2.05) is 31.2 Å². The third-order valence-electron chi connectivity index (χ3n) is 3.29. The van der Waals surface area contributed by atoms with Crippen molar-refractivity contribution in [2.75, 3.05) is 5.32 Å².